The molecule has 0 aliphatic carbocycles. The maximum absolute atomic E-state index is 12.4. The molecule has 0 radical (unpaired) electrons. The van der Waals surface area contributed by atoms with Gasteiger partial charge in [0.05, 0.1) is 12.6 Å². The normalized spacial score (nSPS) is 13.0. The monoisotopic (exact) mass is 345 g/mol. The smallest absolute Gasteiger partial charge is 0.338 e. The van der Waals surface area contributed by atoms with Crippen molar-refractivity contribution in [3.63, 3.8) is 0 Å². The molecule has 1 rings (SSSR count). The standard InChI is InChI=1S/C12H18F3N3OS.ClH/c1-7(2)4-8(16)11(19)18(3)5-10-17-9(6-20-10)12(13,14)15;/h6-8H,4-5,16H2,1-3H3;1H/t8-;/m0./s1. The first kappa shape index (κ1) is 20.1. The number of nitrogens with two attached hydrogens (primary N) is 1. The fourth-order valence-corrected chi connectivity index (χ4v) is 2.54. The molecule has 0 unspecified atom stereocenters. The summed E-state index contributed by atoms with van der Waals surface area (Å²) in [5.41, 5.74) is 4.83. The fraction of sp³-hybridized carbons (Fsp3) is 0.667. The Labute approximate surface area is 131 Å². The molecule has 1 atom stereocenters. The Morgan fingerprint density at radius 3 is 2.48 bits per heavy atom. The van der Waals surface area contributed by atoms with Gasteiger partial charge in [0.25, 0.3) is 0 Å². The number of carbonyl (C=O) groups is 1. The average Bonchev–Trinajstić information content (AvgIpc) is 2.75. The van der Waals surface area contributed by atoms with E-state index in [1.54, 1.807) is 0 Å². The molecule has 0 aliphatic heterocycles. The minimum Gasteiger partial charge on any atom is -0.338 e. The summed E-state index contributed by atoms with van der Waals surface area (Å²) in [5.74, 6) is -0.0125. The molecule has 0 aromatic carbocycles. The largest absolute Gasteiger partial charge is 0.434 e. The van der Waals surface area contributed by atoms with Gasteiger partial charge in [0, 0.05) is 12.4 Å². The number of alkyl halides is 3. The molecule has 1 aromatic heterocycles. The third-order valence-electron chi connectivity index (χ3n) is 2.63. The van der Waals surface area contributed by atoms with Crippen LogP contribution in [0, 0.1) is 5.92 Å². The van der Waals surface area contributed by atoms with E-state index in [4.69, 9.17) is 5.73 Å². The quantitative estimate of drug-likeness (QED) is 0.892. The van der Waals surface area contributed by atoms with Crippen molar-refractivity contribution >= 4 is 29.7 Å². The molecule has 4 nitrogen and oxygen atoms in total. The molecular formula is C12H19ClF3N3OS. The van der Waals surface area contributed by atoms with Crippen LogP contribution >= 0.6 is 23.7 Å². The molecule has 2 N–H and O–H groups in total. The number of hydrogen-bond acceptors (Lipinski definition) is 4. The second-order valence-corrected chi connectivity index (χ2v) is 6.00. The maximum atomic E-state index is 12.4. The van der Waals surface area contributed by atoms with Crippen molar-refractivity contribution in [1.29, 1.82) is 0 Å². The highest BCUT2D eigenvalue weighted by Crippen LogP contribution is 2.30. The van der Waals surface area contributed by atoms with Crippen LogP contribution in [-0.2, 0) is 17.5 Å². The van der Waals surface area contributed by atoms with Gasteiger partial charge in [0.1, 0.15) is 5.01 Å². The number of thiazole rings is 1. The van der Waals surface area contributed by atoms with E-state index in [2.05, 4.69) is 4.98 Å². The maximum Gasteiger partial charge on any atom is 0.434 e. The molecule has 0 spiro atoms. The van der Waals surface area contributed by atoms with Crippen LogP contribution in [0.2, 0.25) is 0 Å². The second-order valence-electron chi connectivity index (χ2n) is 5.05. The van der Waals surface area contributed by atoms with Gasteiger partial charge >= 0.3 is 6.18 Å². The number of carbonyl (C=O) groups excluding carboxylic acids is 1. The molecule has 21 heavy (non-hydrogen) atoms. The lowest BCUT2D eigenvalue weighted by Crippen LogP contribution is -2.42. The van der Waals surface area contributed by atoms with Crippen molar-refractivity contribution in [2.75, 3.05) is 7.05 Å². The van der Waals surface area contributed by atoms with Gasteiger partial charge in [-0.25, -0.2) is 4.98 Å². The highest BCUT2D eigenvalue weighted by molar-refractivity contribution is 7.09. The molecule has 1 aromatic rings. The van der Waals surface area contributed by atoms with Crippen LogP contribution in [0.5, 0.6) is 0 Å². The Kier molecular flexibility index (Phi) is 7.63. The van der Waals surface area contributed by atoms with E-state index >= 15 is 0 Å². The van der Waals surface area contributed by atoms with E-state index in [1.165, 1.54) is 11.9 Å². The van der Waals surface area contributed by atoms with E-state index in [9.17, 15) is 18.0 Å². The molecule has 0 saturated carbocycles. The molecule has 1 amide bonds. The lowest BCUT2D eigenvalue weighted by Gasteiger charge is -2.21. The van der Waals surface area contributed by atoms with Gasteiger partial charge in [-0.15, -0.1) is 23.7 Å². The average molecular weight is 346 g/mol. The number of rotatable bonds is 5. The topological polar surface area (TPSA) is 59.2 Å². The van der Waals surface area contributed by atoms with Gasteiger partial charge < -0.3 is 10.6 Å². The third-order valence-corrected chi connectivity index (χ3v) is 3.47. The molecule has 9 heteroatoms. The van der Waals surface area contributed by atoms with E-state index < -0.39 is 17.9 Å². The number of nitrogens with zero attached hydrogens (tertiary/aromatic N) is 2. The van der Waals surface area contributed by atoms with Gasteiger partial charge in [-0.3, -0.25) is 4.79 Å². The van der Waals surface area contributed by atoms with E-state index in [0.717, 1.165) is 16.7 Å². The number of likely N-dealkylation sites (N-methyl/N-ethyl adjacent to an activating group) is 1. The zero-order valence-electron chi connectivity index (χ0n) is 12.0. The summed E-state index contributed by atoms with van der Waals surface area (Å²) >= 11 is 0.882. The lowest BCUT2D eigenvalue weighted by molar-refractivity contribution is -0.140. The van der Waals surface area contributed by atoms with Crippen LogP contribution < -0.4 is 5.73 Å². The summed E-state index contributed by atoms with van der Waals surface area (Å²) in [6.45, 7) is 3.93. The van der Waals surface area contributed by atoms with Crippen molar-refractivity contribution in [2.45, 2.75) is 39.0 Å². The Hall–Kier alpha value is -0.860. The first-order chi connectivity index (χ1) is 9.11. The van der Waals surface area contributed by atoms with Gasteiger partial charge in [-0.05, 0) is 12.3 Å². The minimum atomic E-state index is -4.45. The summed E-state index contributed by atoms with van der Waals surface area (Å²) in [6, 6.07) is -0.637. The molecular weight excluding hydrogens is 327 g/mol. The molecule has 122 valence electrons. The summed E-state index contributed by atoms with van der Waals surface area (Å²) in [6.07, 6.45) is -3.92. The first-order valence-electron chi connectivity index (χ1n) is 6.13. The number of hydrogen-bond donors (Lipinski definition) is 1. The highest BCUT2D eigenvalue weighted by atomic mass is 35.5. The zero-order chi connectivity index (χ0) is 15.5. The van der Waals surface area contributed by atoms with Crippen LogP contribution in [0.3, 0.4) is 0 Å². The van der Waals surface area contributed by atoms with Crippen molar-refractivity contribution in [3.05, 3.63) is 16.1 Å². The molecule has 0 bridgehead atoms. The van der Waals surface area contributed by atoms with Crippen LogP contribution in [0.1, 0.15) is 31.0 Å². The zero-order valence-corrected chi connectivity index (χ0v) is 13.6. The van der Waals surface area contributed by atoms with Crippen LogP contribution in [0.25, 0.3) is 0 Å². The van der Waals surface area contributed by atoms with Crippen molar-refractivity contribution in [2.24, 2.45) is 11.7 Å². The molecule has 0 aliphatic rings. The summed E-state index contributed by atoms with van der Waals surface area (Å²) in [4.78, 5) is 16.7. The van der Waals surface area contributed by atoms with E-state index in [-0.39, 0.29) is 35.8 Å². The van der Waals surface area contributed by atoms with Gasteiger partial charge in [-0.2, -0.15) is 13.2 Å². The Bertz CT molecular complexity index is 465. The Balaban J connectivity index is 0.00000400. The molecule has 0 saturated heterocycles. The second kappa shape index (κ2) is 7.95. The predicted octanol–water partition coefficient (Wildman–Crippen LogP) is 2.92. The molecule has 0 fully saturated rings. The third kappa shape index (κ3) is 6.19. The Morgan fingerprint density at radius 2 is 2.05 bits per heavy atom. The predicted molar refractivity (Wildman–Crippen MR) is 78.3 cm³/mol. The van der Waals surface area contributed by atoms with Crippen LogP contribution in [0.4, 0.5) is 13.2 Å². The summed E-state index contributed by atoms with van der Waals surface area (Å²) in [5, 5.41) is 1.19. The van der Waals surface area contributed by atoms with E-state index in [1.807, 2.05) is 13.8 Å². The van der Waals surface area contributed by atoms with E-state index in [0.29, 0.717) is 6.42 Å². The number of amides is 1. The van der Waals surface area contributed by atoms with Gasteiger partial charge in [-0.1, -0.05) is 13.8 Å². The summed E-state index contributed by atoms with van der Waals surface area (Å²) < 4.78 is 37.2. The fourth-order valence-electron chi connectivity index (χ4n) is 1.69. The SMILES string of the molecule is CC(C)C[C@H](N)C(=O)N(C)Cc1nc(C(F)(F)F)cs1.Cl. The van der Waals surface area contributed by atoms with Crippen LogP contribution in [0.15, 0.2) is 5.38 Å². The van der Waals surface area contributed by atoms with Gasteiger partial charge in [0.2, 0.25) is 5.91 Å². The number of aromatic nitrogens is 1. The minimum absolute atomic E-state index is 0. The molecule has 1 heterocycles. The van der Waals surface area contributed by atoms with Gasteiger partial charge in [0.15, 0.2) is 5.69 Å². The first-order valence-corrected chi connectivity index (χ1v) is 7.01. The van der Waals surface area contributed by atoms with Crippen molar-refractivity contribution in [1.82, 2.24) is 9.88 Å². The number of halogens is 4. The Morgan fingerprint density at radius 1 is 1.48 bits per heavy atom. The van der Waals surface area contributed by atoms with Crippen molar-refractivity contribution < 1.29 is 18.0 Å². The van der Waals surface area contributed by atoms with Crippen LogP contribution in [-0.4, -0.2) is 28.9 Å². The lowest BCUT2D eigenvalue weighted by atomic mass is 10.0. The highest BCUT2D eigenvalue weighted by Gasteiger charge is 2.34. The summed E-state index contributed by atoms with van der Waals surface area (Å²) in [7, 11) is 1.51. The van der Waals surface area contributed by atoms with Crippen molar-refractivity contribution in [3.8, 4) is 0 Å².